The molecule has 0 aliphatic carbocycles. The largest absolute Gasteiger partial charge is 0.296 e. The van der Waals surface area contributed by atoms with Gasteiger partial charge in [0.25, 0.3) is 0 Å². The Morgan fingerprint density at radius 2 is 1.95 bits per heavy atom. The average molecular weight is 364 g/mol. The normalized spacial score (nSPS) is 11.2. The summed E-state index contributed by atoms with van der Waals surface area (Å²) in [5, 5.41) is 0. The van der Waals surface area contributed by atoms with Crippen LogP contribution in [0.2, 0.25) is 0 Å². The Morgan fingerprint density at radius 3 is 2.67 bits per heavy atom. The van der Waals surface area contributed by atoms with E-state index in [9.17, 15) is 0 Å². The molecule has 0 radical (unpaired) electrons. The Bertz CT molecular complexity index is 808. The molecule has 0 unspecified atom stereocenters. The standard InChI is InChI=1S/C17H16BrClN2/c1-11-3-6-16-15(9-11)20-17(7-8-19)21(16)13-4-5-14(18)12(2)10-13/h3-6,9-10H,7-8H2,1-2H3. The minimum absolute atomic E-state index is 0.567. The van der Waals surface area contributed by atoms with Crippen molar-refractivity contribution in [2.24, 2.45) is 0 Å². The molecule has 2 nitrogen and oxygen atoms in total. The summed E-state index contributed by atoms with van der Waals surface area (Å²) < 4.78 is 3.32. The third kappa shape index (κ3) is 2.72. The molecule has 0 amide bonds. The first-order chi connectivity index (χ1) is 10.1. The van der Waals surface area contributed by atoms with Gasteiger partial charge in [-0.15, -0.1) is 11.6 Å². The first kappa shape index (κ1) is 14.6. The maximum atomic E-state index is 5.95. The zero-order valence-corrected chi connectivity index (χ0v) is 14.4. The number of hydrogen-bond donors (Lipinski definition) is 0. The number of alkyl halides is 1. The lowest BCUT2D eigenvalue weighted by Gasteiger charge is -2.10. The van der Waals surface area contributed by atoms with Crippen molar-refractivity contribution in [2.75, 3.05) is 5.88 Å². The highest BCUT2D eigenvalue weighted by atomic mass is 79.9. The zero-order valence-electron chi connectivity index (χ0n) is 12.0. The molecule has 0 spiro atoms. The monoisotopic (exact) mass is 362 g/mol. The molecular formula is C17H16BrClN2. The minimum atomic E-state index is 0.567. The molecule has 108 valence electrons. The van der Waals surface area contributed by atoms with E-state index in [2.05, 4.69) is 70.7 Å². The van der Waals surface area contributed by atoms with Gasteiger partial charge in [0, 0.05) is 22.5 Å². The fourth-order valence-electron chi connectivity index (χ4n) is 2.55. The van der Waals surface area contributed by atoms with Crippen LogP contribution >= 0.6 is 27.5 Å². The summed E-state index contributed by atoms with van der Waals surface area (Å²) in [4.78, 5) is 4.76. The molecule has 2 aromatic carbocycles. The SMILES string of the molecule is Cc1ccc2c(c1)nc(CCCl)n2-c1ccc(Br)c(C)c1. The van der Waals surface area contributed by atoms with Gasteiger partial charge in [-0.1, -0.05) is 22.0 Å². The predicted octanol–water partition coefficient (Wildman–Crippen LogP) is 5.19. The van der Waals surface area contributed by atoms with Gasteiger partial charge in [-0.25, -0.2) is 4.98 Å². The number of nitrogens with zero attached hydrogens (tertiary/aromatic N) is 2. The molecule has 0 fully saturated rings. The van der Waals surface area contributed by atoms with E-state index in [0.717, 1.165) is 33.4 Å². The van der Waals surface area contributed by atoms with Crippen molar-refractivity contribution < 1.29 is 0 Å². The van der Waals surface area contributed by atoms with Gasteiger partial charge in [-0.2, -0.15) is 0 Å². The number of imidazole rings is 1. The quantitative estimate of drug-likeness (QED) is 0.586. The summed E-state index contributed by atoms with van der Waals surface area (Å²) in [7, 11) is 0. The maximum Gasteiger partial charge on any atom is 0.115 e. The van der Waals surface area contributed by atoms with Crippen molar-refractivity contribution in [3.05, 3.63) is 57.8 Å². The molecule has 0 N–H and O–H groups in total. The third-order valence-electron chi connectivity index (χ3n) is 3.60. The Kier molecular flexibility index (Phi) is 4.05. The lowest BCUT2D eigenvalue weighted by Crippen LogP contribution is -2.02. The summed E-state index contributed by atoms with van der Waals surface area (Å²) in [6, 6.07) is 12.7. The van der Waals surface area contributed by atoms with Crippen LogP contribution in [0.5, 0.6) is 0 Å². The van der Waals surface area contributed by atoms with E-state index in [4.69, 9.17) is 16.6 Å². The van der Waals surface area contributed by atoms with Crippen LogP contribution < -0.4 is 0 Å². The van der Waals surface area contributed by atoms with Crippen molar-refractivity contribution in [1.29, 1.82) is 0 Å². The Morgan fingerprint density at radius 1 is 1.14 bits per heavy atom. The van der Waals surface area contributed by atoms with Gasteiger partial charge >= 0.3 is 0 Å². The fraction of sp³-hybridized carbons (Fsp3) is 0.235. The number of fused-ring (bicyclic) bond motifs is 1. The molecule has 3 rings (SSSR count). The first-order valence-corrected chi connectivity index (χ1v) is 8.23. The summed E-state index contributed by atoms with van der Waals surface area (Å²) in [6.45, 7) is 4.18. The van der Waals surface area contributed by atoms with E-state index in [1.54, 1.807) is 0 Å². The average Bonchev–Trinajstić information content (AvgIpc) is 2.79. The number of rotatable bonds is 3. The molecule has 0 saturated carbocycles. The number of aromatic nitrogens is 2. The second kappa shape index (κ2) is 5.82. The van der Waals surface area contributed by atoms with Gasteiger partial charge in [0.05, 0.1) is 11.0 Å². The maximum absolute atomic E-state index is 5.95. The van der Waals surface area contributed by atoms with Gasteiger partial charge in [0.1, 0.15) is 5.82 Å². The highest BCUT2D eigenvalue weighted by Crippen LogP contribution is 2.26. The first-order valence-electron chi connectivity index (χ1n) is 6.90. The van der Waals surface area contributed by atoms with E-state index in [0.29, 0.717) is 5.88 Å². The number of hydrogen-bond acceptors (Lipinski definition) is 1. The van der Waals surface area contributed by atoms with Crippen molar-refractivity contribution in [1.82, 2.24) is 9.55 Å². The van der Waals surface area contributed by atoms with E-state index in [1.807, 2.05) is 0 Å². The van der Waals surface area contributed by atoms with Crippen LogP contribution in [-0.4, -0.2) is 15.4 Å². The van der Waals surface area contributed by atoms with Crippen LogP contribution in [0, 0.1) is 13.8 Å². The second-order valence-electron chi connectivity index (χ2n) is 5.23. The summed E-state index contributed by atoms with van der Waals surface area (Å²) >= 11 is 9.51. The molecule has 3 aromatic rings. The van der Waals surface area contributed by atoms with Gasteiger partial charge in [0.2, 0.25) is 0 Å². The Labute approximate surface area is 137 Å². The van der Waals surface area contributed by atoms with Crippen LogP contribution in [0.1, 0.15) is 17.0 Å². The highest BCUT2D eigenvalue weighted by molar-refractivity contribution is 9.10. The van der Waals surface area contributed by atoms with Crippen molar-refractivity contribution in [3.63, 3.8) is 0 Å². The minimum Gasteiger partial charge on any atom is -0.296 e. The molecule has 1 heterocycles. The number of halogens is 2. The summed E-state index contributed by atoms with van der Waals surface area (Å²) in [6.07, 6.45) is 0.754. The van der Waals surface area contributed by atoms with Crippen molar-refractivity contribution >= 4 is 38.6 Å². The molecule has 0 aliphatic rings. The van der Waals surface area contributed by atoms with Gasteiger partial charge in [-0.05, 0) is 55.3 Å². The Hall–Kier alpha value is -1.32. The molecule has 0 atom stereocenters. The molecule has 4 heteroatoms. The fourth-order valence-corrected chi connectivity index (χ4v) is 2.96. The molecular weight excluding hydrogens is 348 g/mol. The van der Waals surface area contributed by atoms with Gasteiger partial charge < -0.3 is 0 Å². The van der Waals surface area contributed by atoms with Gasteiger partial charge in [0.15, 0.2) is 0 Å². The molecule has 1 aromatic heterocycles. The lowest BCUT2D eigenvalue weighted by molar-refractivity contribution is 0.911. The topological polar surface area (TPSA) is 17.8 Å². The van der Waals surface area contributed by atoms with Crippen LogP contribution in [0.25, 0.3) is 16.7 Å². The highest BCUT2D eigenvalue weighted by Gasteiger charge is 2.12. The number of benzene rings is 2. The predicted molar refractivity (Wildman–Crippen MR) is 92.7 cm³/mol. The molecule has 0 bridgehead atoms. The smallest absolute Gasteiger partial charge is 0.115 e. The van der Waals surface area contributed by atoms with Crippen LogP contribution in [-0.2, 0) is 6.42 Å². The molecule has 0 aliphatic heterocycles. The van der Waals surface area contributed by atoms with Crippen LogP contribution in [0.15, 0.2) is 40.9 Å². The molecule has 0 saturated heterocycles. The molecule has 21 heavy (non-hydrogen) atoms. The van der Waals surface area contributed by atoms with E-state index >= 15 is 0 Å². The lowest BCUT2D eigenvalue weighted by atomic mass is 10.2. The van der Waals surface area contributed by atoms with E-state index in [-0.39, 0.29) is 0 Å². The van der Waals surface area contributed by atoms with Crippen molar-refractivity contribution in [2.45, 2.75) is 20.3 Å². The van der Waals surface area contributed by atoms with Gasteiger partial charge in [-0.3, -0.25) is 4.57 Å². The summed E-state index contributed by atoms with van der Waals surface area (Å²) in [5.74, 6) is 1.57. The second-order valence-corrected chi connectivity index (χ2v) is 6.46. The Balaban J connectivity index is 2.27. The summed E-state index contributed by atoms with van der Waals surface area (Å²) in [5.41, 5.74) is 5.70. The van der Waals surface area contributed by atoms with Crippen LogP contribution in [0.4, 0.5) is 0 Å². The zero-order chi connectivity index (χ0) is 15.0. The third-order valence-corrected chi connectivity index (χ3v) is 4.68. The van der Waals surface area contributed by atoms with Crippen LogP contribution in [0.3, 0.4) is 0 Å². The number of aryl methyl sites for hydroxylation is 3. The van der Waals surface area contributed by atoms with E-state index < -0.39 is 0 Å². The van der Waals surface area contributed by atoms with E-state index in [1.165, 1.54) is 11.1 Å². The van der Waals surface area contributed by atoms with Crippen molar-refractivity contribution in [3.8, 4) is 5.69 Å².